The number of carbonyl (C=O) groups is 1. The Balaban J connectivity index is 2.24. The Morgan fingerprint density at radius 3 is 2.93 bits per heavy atom. The maximum atomic E-state index is 12.1. The number of anilines is 1. The van der Waals surface area contributed by atoms with Crippen LogP contribution in [-0.4, -0.2) is 16.8 Å². The van der Waals surface area contributed by atoms with Gasteiger partial charge in [-0.3, -0.25) is 4.79 Å². The van der Waals surface area contributed by atoms with E-state index in [0.29, 0.717) is 11.3 Å². The quantitative estimate of drug-likeness (QED) is 0.671. The number of nitrogens with two attached hydrogens (primary N) is 1. The van der Waals surface area contributed by atoms with Crippen LogP contribution in [0.1, 0.15) is 23.2 Å². The Kier molecular flexibility index (Phi) is 3.36. The summed E-state index contributed by atoms with van der Waals surface area (Å²) in [7, 11) is 0. The summed E-state index contributed by atoms with van der Waals surface area (Å²) in [5.41, 5.74) is 7.07. The molecule has 2 nitrogen and oxygen atoms in total. The molecule has 1 saturated heterocycles. The van der Waals surface area contributed by atoms with E-state index in [4.69, 9.17) is 5.73 Å². The molecule has 1 heterocycles. The molecule has 1 aromatic carbocycles. The number of Topliss-reactive ketones (excluding diaryl/α,β-unsaturated/α-hetero) is 1. The molecule has 1 aliphatic rings. The molecule has 1 fully saturated rings. The van der Waals surface area contributed by atoms with Crippen molar-refractivity contribution in [2.45, 2.75) is 18.1 Å². The second-order valence-electron chi connectivity index (χ2n) is 3.60. The first-order chi connectivity index (χ1) is 7.18. The van der Waals surface area contributed by atoms with Gasteiger partial charge in [0.15, 0.2) is 5.78 Å². The van der Waals surface area contributed by atoms with E-state index >= 15 is 0 Å². The van der Waals surface area contributed by atoms with Gasteiger partial charge in [-0.05, 0) is 36.8 Å². The summed E-state index contributed by atoms with van der Waals surface area (Å²) in [6.45, 7) is 0. The van der Waals surface area contributed by atoms with Crippen LogP contribution in [0, 0.1) is 0 Å². The largest absolute Gasteiger partial charge is 0.398 e. The predicted molar refractivity (Wildman–Crippen MR) is 68.4 cm³/mol. The van der Waals surface area contributed by atoms with E-state index in [9.17, 15) is 4.79 Å². The molecule has 0 spiro atoms. The van der Waals surface area contributed by atoms with Gasteiger partial charge in [0.1, 0.15) is 0 Å². The van der Waals surface area contributed by atoms with E-state index < -0.39 is 0 Å². The van der Waals surface area contributed by atoms with Gasteiger partial charge in [0.25, 0.3) is 0 Å². The van der Waals surface area contributed by atoms with Crippen LogP contribution in [0.25, 0.3) is 0 Å². The zero-order valence-electron chi connectivity index (χ0n) is 8.20. The predicted octanol–water partition coefficient (Wildman–Crippen LogP) is 3.11. The molecule has 0 radical (unpaired) electrons. The second kappa shape index (κ2) is 4.58. The number of ketones is 1. The maximum absolute atomic E-state index is 12.1. The number of hydrogen-bond acceptors (Lipinski definition) is 3. The van der Waals surface area contributed by atoms with Gasteiger partial charge in [-0.1, -0.05) is 15.9 Å². The van der Waals surface area contributed by atoms with E-state index in [1.54, 1.807) is 23.9 Å². The molecule has 15 heavy (non-hydrogen) atoms. The lowest BCUT2D eigenvalue weighted by Crippen LogP contribution is -2.15. The molecule has 2 N–H and O–H groups in total. The fourth-order valence-electron chi connectivity index (χ4n) is 1.72. The number of carbonyl (C=O) groups excluding carboxylic acids is 1. The summed E-state index contributed by atoms with van der Waals surface area (Å²) in [6, 6.07) is 5.46. The van der Waals surface area contributed by atoms with Crippen molar-refractivity contribution in [3.8, 4) is 0 Å². The van der Waals surface area contributed by atoms with Gasteiger partial charge in [0.05, 0.1) is 5.25 Å². The third-order valence-electron chi connectivity index (χ3n) is 2.50. The van der Waals surface area contributed by atoms with Crippen molar-refractivity contribution in [2.24, 2.45) is 0 Å². The van der Waals surface area contributed by atoms with Crippen LogP contribution in [0.3, 0.4) is 0 Å². The van der Waals surface area contributed by atoms with Crippen LogP contribution < -0.4 is 5.73 Å². The lowest BCUT2D eigenvalue weighted by atomic mass is 10.0. The van der Waals surface area contributed by atoms with Crippen molar-refractivity contribution in [3.05, 3.63) is 28.2 Å². The van der Waals surface area contributed by atoms with E-state index in [1.165, 1.54) is 0 Å². The highest BCUT2D eigenvalue weighted by Gasteiger charge is 2.25. The van der Waals surface area contributed by atoms with Crippen LogP contribution in [0.4, 0.5) is 5.69 Å². The lowest BCUT2D eigenvalue weighted by Gasteiger charge is -2.09. The summed E-state index contributed by atoms with van der Waals surface area (Å²) in [6.07, 6.45) is 2.12. The first kappa shape index (κ1) is 11.0. The van der Waals surface area contributed by atoms with E-state index in [0.717, 1.165) is 23.1 Å². The average molecular weight is 286 g/mol. The first-order valence-electron chi connectivity index (χ1n) is 4.89. The van der Waals surface area contributed by atoms with Gasteiger partial charge in [0.2, 0.25) is 0 Å². The molecule has 0 aliphatic carbocycles. The molecule has 1 unspecified atom stereocenters. The average Bonchev–Trinajstić information content (AvgIpc) is 2.69. The van der Waals surface area contributed by atoms with Crippen LogP contribution in [0.5, 0.6) is 0 Å². The molecule has 80 valence electrons. The minimum atomic E-state index is 0.119. The molecule has 0 aromatic heterocycles. The molecular formula is C11H12BrNOS. The molecule has 1 aliphatic heterocycles. The van der Waals surface area contributed by atoms with Crippen LogP contribution in [0.2, 0.25) is 0 Å². The number of thioether (sulfide) groups is 1. The van der Waals surface area contributed by atoms with Gasteiger partial charge in [0, 0.05) is 15.7 Å². The van der Waals surface area contributed by atoms with Gasteiger partial charge < -0.3 is 5.73 Å². The third-order valence-corrected chi connectivity index (χ3v) is 4.37. The molecular weight excluding hydrogens is 274 g/mol. The highest BCUT2D eigenvalue weighted by Crippen LogP contribution is 2.31. The fourth-order valence-corrected chi connectivity index (χ4v) is 3.32. The minimum Gasteiger partial charge on any atom is -0.398 e. The summed E-state index contributed by atoms with van der Waals surface area (Å²) >= 11 is 5.07. The highest BCUT2D eigenvalue weighted by molar-refractivity contribution is 9.10. The Morgan fingerprint density at radius 1 is 1.53 bits per heavy atom. The van der Waals surface area contributed by atoms with Gasteiger partial charge in [-0.15, -0.1) is 0 Å². The summed E-state index contributed by atoms with van der Waals surface area (Å²) in [4.78, 5) is 12.1. The van der Waals surface area contributed by atoms with Crippen LogP contribution >= 0.6 is 27.7 Å². The van der Waals surface area contributed by atoms with Crippen molar-refractivity contribution in [2.75, 3.05) is 11.5 Å². The summed E-state index contributed by atoms with van der Waals surface area (Å²) in [5, 5.41) is 0.119. The van der Waals surface area contributed by atoms with E-state index in [-0.39, 0.29) is 11.0 Å². The summed E-state index contributed by atoms with van der Waals surface area (Å²) in [5.74, 6) is 1.27. The molecule has 2 rings (SSSR count). The fraction of sp³-hybridized carbons (Fsp3) is 0.364. The van der Waals surface area contributed by atoms with Crippen LogP contribution in [0.15, 0.2) is 22.7 Å². The zero-order valence-corrected chi connectivity index (χ0v) is 10.6. The number of nitrogen functional groups attached to an aromatic ring is 1. The maximum Gasteiger partial charge on any atom is 0.177 e. The highest BCUT2D eigenvalue weighted by atomic mass is 79.9. The number of benzene rings is 1. The van der Waals surface area contributed by atoms with Crippen LogP contribution in [-0.2, 0) is 0 Å². The number of hydrogen-bond donors (Lipinski definition) is 1. The SMILES string of the molecule is Nc1cc(Br)ccc1C(=O)C1CCCS1. The Bertz CT molecular complexity index is 388. The Labute approximate surface area is 102 Å². The van der Waals surface area contributed by atoms with Crippen molar-refractivity contribution in [1.82, 2.24) is 0 Å². The second-order valence-corrected chi connectivity index (χ2v) is 5.82. The molecule has 0 amide bonds. The monoisotopic (exact) mass is 285 g/mol. The van der Waals surface area contributed by atoms with Gasteiger partial charge in [-0.25, -0.2) is 0 Å². The standard InChI is InChI=1S/C11H12BrNOS/c12-7-3-4-8(9(13)6-7)11(14)10-2-1-5-15-10/h3-4,6,10H,1-2,5,13H2. The third kappa shape index (κ3) is 2.37. The van der Waals surface area contributed by atoms with Crippen molar-refractivity contribution in [1.29, 1.82) is 0 Å². The molecule has 0 saturated carbocycles. The van der Waals surface area contributed by atoms with Crippen molar-refractivity contribution < 1.29 is 4.79 Å². The van der Waals surface area contributed by atoms with Crippen molar-refractivity contribution >= 4 is 39.2 Å². The first-order valence-corrected chi connectivity index (χ1v) is 6.73. The number of halogens is 1. The molecule has 0 bridgehead atoms. The van der Waals surface area contributed by atoms with Crippen molar-refractivity contribution in [3.63, 3.8) is 0 Å². The normalized spacial score (nSPS) is 20.5. The Hall–Kier alpha value is -0.480. The van der Waals surface area contributed by atoms with E-state index in [1.807, 2.05) is 6.07 Å². The van der Waals surface area contributed by atoms with E-state index in [2.05, 4.69) is 15.9 Å². The minimum absolute atomic E-state index is 0.119. The summed E-state index contributed by atoms with van der Waals surface area (Å²) < 4.78 is 0.913. The lowest BCUT2D eigenvalue weighted by molar-refractivity contribution is 0.0989. The van der Waals surface area contributed by atoms with Gasteiger partial charge in [-0.2, -0.15) is 11.8 Å². The van der Waals surface area contributed by atoms with Gasteiger partial charge >= 0.3 is 0 Å². The zero-order chi connectivity index (χ0) is 10.8. The smallest absolute Gasteiger partial charge is 0.177 e. The number of rotatable bonds is 2. The molecule has 4 heteroatoms. The Morgan fingerprint density at radius 2 is 2.33 bits per heavy atom. The topological polar surface area (TPSA) is 43.1 Å². The molecule has 1 aromatic rings. The molecule has 1 atom stereocenters.